The molecule has 0 aliphatic heterocycles. The van der Waals surface area contributed by atoms with Gasteiger partial charge in [0, 0.05) is 18.2 Å². The number of nitrogens with one attached hydrogen (secondary N) is 1. The molecule has 2 rings (SSSR count). The fourth-order valence-corrected chi connectivity index (χ4v) is 3.18. The molecule has 0 saturated heterocycles. The lowest BCUT2D eigenvalue weighted by Crippen LogP contribution is -2.34. The molecule has 1 aliphatic carbocycles. The van der Waals surface area contributed by atoms with Gasteiger partial charge in [0.25, 0.3) is 0 Å². The van der Waals surface area contributed by atoms with Crippen molar-refractivity contribution in [2.75, 3.05) is 5.32 Å². The molecule has 8 heteroatoms. The highest BCUT2D eigenvalue weighted by Crippen LogP contribution is 2.40. The van der Waals surface area contributed by atoms with Crippen molar-refractivity contribution in [3.05, 3.63) is 11.1 Å². The zero-order chi connectivity index (χ0) is 15.6. The van der Waals surface area contributed by atoms with Crippen LogP contribution in [0.5, 0.6) is 0 Å². The Bertz CT molecular complexity index is 542. The van der Waals surface area contributed by atoms with E-state index in [1.807, 2.05) is 0 Å². The molecule has 21 heavy (non-hydrogen) atoms. The number of ketones is 1. The summed E-state index contributed by atoms with van der Waals surface area (Å²) in [6.45, 7) is 1.36. The maximum absolute atomic E-state index is 12.7. The van der Waals surface area contributed by atoms with E-state index in [4.69, 9.17) is 0 Å². The van der Waals surface area contributed by atoms with E-state index in [1.54, 1.807) is 0 Å². The number of Topliss-reactive ketones (excluding diaryl/α,β-unsaturated/α-hetero) is 1. The largest absolute Gasteiger partial charge is 0.391 e. The van der Waals surface area contributed by atoms with Crippen molar-refractivity contribution in [3.63, 3.8) is 0 Å². The maximum atomic E-state index is 12.7. The molecular weight excluding hydrogens is 305 g/mol. The summed E-state index contributed by atoms with van der Waals surface area (Å²) in [5.41, 5.74) is 0.243. The van der Waals surface area contributed by atoms with Crippen LogP contribution >= 0.6 is 11.3 Å². The molecule has 0 radical (unpaired) electrons. The molecule has 0 spiro atoms. The third-order valence-electron chi connectivity index (χ3n) is 3.60. The smallest absolute Gasteiger partial charge is 0.302 e. The van der Waals surface area contributed by atoms with Gasteiger partial charge in [-0.3, -0.25) is 9.59 Å². The van der Waals surface area contributed by atoms with E-state index in [-0.39, 0.29) is 29.5 Å². The first-order valence-electron chi connectivity index (χ1n) is 6.61. The van der Waals surface area contributed by atoms with Gasteiger partial charge in [-0.1, -0.05) is 6.42 Å². The first kappa shape index (κ1) is 15.9. The second-order valence-electron chi connectivity index (χ2n) is 5.19. The van der Waals surface area contributed by atoms with Crippen molar-refractivity contribution in [1.82, 2.24) is 4.98 Å². The zero-order valence-corrected chi connectivity index (χ0v) is 12.2. The third-order valence-corrected chi connectivity index (χ3v) is 4.36. The number of thiazole rings is 1. The first-order chi connectivity index (χ1) is 9.77. The van der Waals surface area contributed by atoms with Gasteiger partial charge in [0.1, 0.15) is 5.69 Å². The molecule has 1 N–H and O–H groups in total. The summed E-state index contributed by atoms with van der Waals surface area (Å²) >= 11 is 1.09. The van der Waals surface area contributed by atoms with Gasteiger partial charge in [-0.15, -0.1) is 11.3 Å². The summed E-state index contributed by atoms with van der Waals surface area (Å²) in [6, 6.07) is 0. The van der Waals surface area contributed by atoms with Gasteiger partial charge in [0.15, 0.2) is 10.9 Å². The summed E-state index contributed by atoms with van der Waals surface area (Å²) in [5.74, 6) is -2.74. The van der Waals surface area contributed by atoms with Crippen molar-refractivity contribution < 1.29 is 22.8 Å². The van der Waals surface area contributed by atoms with Gasteiger partial charge < -0.3 is 5.32 Å². The Hall–Kier alpha value is -1.44. The number of alkyl halides is 3. The van der Waals surface area contributed by atoms with E-state index in [1.165, 1.54) is 12.3 Å². The molecule has 0 bridgehead atoms. The maximum Gasteiger partial charge on any atom is 0.391 e. The lowest BCUT2D eigenvalue weighted by Gasteiger charge is -2.29. The van der Waals surface area contributed by atoms with Crippen LogP contribution in [0.2, 0.25) is 0 Å². The van der Waals surface area contributed by atoms with E-state index in [2.05, 4.69) is 10.3 Å². The molecule has 1 aromatic rings. The van der Waals surface area contributed by atoms with E-state index in [9.17, 15) is 22.8 Å². The van der Waals surface area contributed by atoms with Crippen LogP contribution in [-0.4, -0.2) is 22.9 Å². The molecule has 0 unspecified atom stereocenters. The summed E-state index contributed by atoms with van der Waals surface area (Å²) in [4.78, 5) is 27.1. The molecule has 116 valence electrons. The minimum absolute atomic E-state index is 0.0824. The predicted octanol–water partition coefficient (Wildman–Crippen LogP) is 3.65. The highest BCUT2D eigenvalue weighted by atomic mass is 32.1. The van der Waals surface area contributed by atoms with Gasteiger partial charge in [-0.2, -0.15) is 13.2 Å². The van der Waals surface area contributed by atoms with Crippen molar-refractivity contribution in [2.45, 2.75) is 38.8 Å². The Balaban J connectivity index is 1.97. The molecule has 4 nitrogen and oxygen atoms in total. The van der Waals surface area contributed by atoms with Gasteiger partial charge in [-0.25, -0.2) is 4.98 Å². The van der Waals surface area contributed by atoms with Crippen molar-refractivity contribution in [2.24, 2.45) is 11.8 Å². The fraction of sp³-hybridized carbons (Fsp3) is 0.615. The number of amides is 1. The monoisotopic (exact) mass is 320 g/mol. The Morgan fingerprint density at radius 1 is 1.38 bits per heavy atom. The second-order valence-corrected chi connectivity index (χ2v) is 6.04. The topological polar surface area (TPSA) is 59.1 Å². The van der Waals surface area contributed by atoms with Crippen molar-refractivity contribution >= 4 is 28.2 Å². The minimum atomic E-state index is -4.25. The normalized spacial score (nSPS) is 22.9. The molecule has 1 aliphatic rings. The summed E-state index contributed by atoms with van der Waals surface area (Å²) in [6.07, 6.45) is -3.51. The predicted molar refractivity (Wildman–Crippen MR) is 72.3 cm³/mol. The number of anilines is 1. The van der Waals surface area contributed by atoms with Gasteiger partial charge in [-0.05, 0) is 19.3 Å². The zero-order valence-electron chi connectivity index (χ0n) is 11.4. The molecule has 1 saturated carbocycles. The van der Waals surface area contributed by atoms with Gasteiger partial charge >= 0.3 is 6.18 Å². The number of hydrogen-bond acceptors (Lipinski definition) is 4. The van der Waals surface area contributed by atoms with Crippen LogP contribution < -0.4 is 5.32 Å². The second kappa shape index (κ2) is 6.13. The molecule has 2 atom stereocenters. The summed E-state index contributed by atoms with van der Waals surface area (Å²) in [5, 5.41) is 4.27. The first-order valence-corrected chi connectivity index (χ1v) is 7.49. The standard InChI is InChI=1S/C13H15F3N2O2S/c1-7(19)10-6-21-12(17-10)18-11(20)8-3-2-4-9(5-8)13(14,15)16/h6,8-9H,2-5H2,1H3,(H,17,18,20)/t8-,9+/m1/s1. The van der Waals surface area contributed by atoms with Crippen LogP contribution in [-0.2, 0) is 4.79 Å². The Kier molecular flexibility index (Phi) is 4.65. The van der Waals surface area contributed by atoms with Crippen molar-refractivity contribution in [3.8, 4) is 0 Å². The molecule has 1 amide bonds. The van der Waals surface area contributed by atoms with Crippen LogP contribution in [0, 0.1) is 11.8 Å². The van der Waals surface area contributed by atoms with Crippen LogP contribution in [0.15, 0.2) is 5.38 Å². The Morgan fingerprint density at radius 2 is 2.10 bits per heavy atom. The third kappa shape index (κ3) is 4.03. The van der Waals surface area contributed by atoms with Crippen LogP contribution in [0.1, 0.15) is 43.1 Å². The average Bonchev–Trinajstić information content (AvgIpc) is 2.86. The van der Waals surface area contributed by atoms with Gasteiger partial charge in [0.2, 0.25) is 5.91 Å². The molecular formula is C13H15F3N2O2S. The molecule has 1 heterocycles. The van der Waals surface area contributed by atoms with Crippen LogP contribution in [0.4, 0.5) is 18.3 Å². The van der Waals surface area contributed by atoms with E-state index < -0.39 is 23.9 Å². The number of halogens is 3. The summed E-state index contributed by atoms with van der Waals surface area (Å²) in [7, 11) is 0. The van der Waals surface area contributed by atoms with Crippen LogP contribution in [0.25, 0.3) is 0 Å². The number of rotatable bonds is 3. The SMILES string of the molecule is CC(=O)c1csc(NC(=O)[C@@H]2CCC[C@H](C(F)(F)F)C2)n1. The van der Waals surface area contributed by atoms with Gasteiger partial charge in [0.05, 0.1) is 5.92 Å². The number of aromatic nitrogens is 1. The van der Waals surface area contributed by atoms with E-state index in [0.717, 1.165) is 11.3 Å². The Morgan fingerprint density at radius 3 is 2.67 bits per heavy atom. The molecule has 0 aromatic carbocycles. The molecule has 1 aromatic heterocycles. The quantitative estimate of drug-likeness (QED) is 0.865. The highest BCUT2D eigenvalue weighted by Gasteiger charge is 2.43. The van der Waals surface area contributed by atoms with Crippen molar-refractivity contribution in [1.29, 1.82) is 0 Å². The number of carbonyl (C=O) groups excluding carboxylic acids is 2. The highest BCUT2D eigenvalue weighted by molar-refractivity contribution is 7.14. The number of carbonyl (C=O) groups is 2. The lowest BCUT2D eigenvalue weighted by atomic mass is 9.80. The minimum Gasteiger partial charge on any atom is -0.302 e. The average molecular weight is 320 g/mol. The van der Waals surface area contributed by atoms with Crippen LogP contribution in [0.3, 0.4) is 0 Å². The molecule has 1 fully saturated rings. The Labute approximate surface area is 123 Å². The van der Waals surface area contributed by atoms with E-state index >= 15 is 0 Å². The van der Waals surface area contributed by atoms with E-state index in [0.29, 0.717) is 12.8 Å². The lowest BCUT2D eigenvalue weighted by molar-refractivity contribution is -0.185. The number of hydrogen-bond donors (Lipinski definition) is 1. The summed E-state index contributed by atoms with van der Waals surface area (Å²) < 4.78 is 38.2. The number of nitrogens with zero attached hydrogens (tertiary/aromatic N) is 1. The fourth-order valence-electron chi connectivity index (χ4n) is 2.43.